The van der Waals surface area contributed by atoms with E-state index in [1.54, 1.807) is 35.6 Å². The molecule has 2 aliphatic heterocycles. The number of carbonyl (C=O) groups excluding carboxylic acids is 2. The van der Waals surface area contributed by atoms with Crippen LogP contribution in [-0.4, -0.2) is 54.8 Å². The summed E-state index contributed by atoms with van der Waals surface area (Å²) in [5.41, 5.74) is 3.35. The molecule has 1 aromatic heterocycles. The molecule has 0 saturated carbocycles. The molecule has 0 spiro atoms. The lowest BCUT2D eigenvalue weighted by atomic mass is 10.2. The zero-order valence-electron chi connectivity index (χ0n) is 21.6. The first-order valence-electron chi connectivity index (χ1n) is 12.9. The van der Waals surface area contributed by atoms with Gasteiger partial charge < -0.3 is 4.74 Å². The van der Waals surface area contributed by atoms with E-state index in [-0.39, 0.29) is 24.0 Å². The number of aromatic nitrogens is 1. The maximum absolute atomic E-state index is 13.8. The molecule has 3 aromatic carbocycles. The molecular formula is C29H26BrN3O5S2. The molecule has 2 unspecified atom stereocenters. The highest BCUT2D eigenvalue weighted by molar-refractivity contribution is 9.10. The monoisotopic (exact) mass is 639 g/mol. The van der Waals surface area contributed by atoms with E-state index in [9.17, 15) is 18.0 Å². The molecule has 2 aliphatic rings. The van der Waals surface area contributed by atoms with Crippen LogP contribution in [-0.2, 0) is 24.3 Å². The van der Waals surface area contributed by atoms with E-state index in [0.29, 0.717) is 18.7 Å². The molecule has 40 heavy (non-hydrogen) atoms. The van der Waals surface area contributed by atoms with E-state index in [1.807, 2.05) is 31.2 Å². The van der Waals surface area contributed by atoms with Gasteiger partial charge in [0, 0.05) is 23.2 Å². The van der Waals surface area contributed by atoms with Gasteiger partial charge in [-0.25, -0.2) is 18.3 Å². The first kappa shape index (κ1) is 27.2. The maximum Gasteiger partial charge on any atom is 0.252 e. The Morgan fingerprint density at radius 2 is 1.82 bits per heavy atom. The summed E-state index contributed by atoms with van der Waals surface area (Å²) >= 11 is 4.91. The van der Waals surface area contributed by atoms with Crippen LogP contribution >= 0.6 is 27.3 Å². The van der Waals surface area contributed by atoms with Crippen LogP contribution in [0.4, 0.5) is 5.69 Å². The zero-order chi connectivity index (χ0) is 28.0. The quantitative estimate of drug-likeness (QED) is 0.247. The summed E-state index contributed by atoms with van der Waals surface area (Å²) in [6.45, 7) is 2.59. The number of carbonyl (C=O) groups is 2. The summed E-state index contributed by atoms with van der Waals surface area (Å²) in [6, 6.07) is 18.3. The standard InChI is InChI=1S/C29H26BrN3O5S2/c1-18-4-13-24-26(15-18)39-28(31-24)19-5-9-21(10-6-19)33-27(34)16-25(29(33)35)32(17-22-3-2-14-38-22)40(36,37)23-11-7-20(30)8-12-23/h4-13,15,22,25H,2-3,14,16-17H2,1H3. The van der Waals surface area contributed by atoms with Crippen molar-refractivity contribution in [3.05, 3.63) is 76.8 Å². The average molecular weight is 641 g/mol. The van der Waals surface area contributed by atoms with Crippen molar-refractivity contribution in [2.75, 3.05) is 18.1 Å². The molecule has 6 rings (SSSR count). The van der Waals surface area contributed by atoms with Gasteiger partial charge in [-0.1, -0.05) is 22.0 Å². The SMILES string of the molecule is Cc1ccc2nc(-c3ccc(N4C(=O)CC(N(CC5CCCO5)S(=O)(=O)c5ccc(Br)cc5)C4=O)cc3)sc2c1. The number of nitrogens with zero attached hydrogens (tertiary/aromatic N) is 3. The van der Waals surface area contributed by atoms with Crippen LogP contribution in [0.5, 0.6) is 0 Å². The van der Waals surface area contributed by atoms with Crippen LogP contribution in [0.25, 0.3) is 20.8 Å². The third kappa shape index (κ3) is 5.12. The molecule has 4 aromatic rings. The molecule has 3 heterocycles. The smallest absolute Gasteiger partial charge is 0.252 e. The fraction of sp³-hybridized carbons (Fsp3) is 0.276. The second kappa shape index (κ2) is 10.8. The number of imide groups is 1. The van der Waals surface area contributed by atoms with E-state index >= 15 is 0 Å². The average Bonchev–Trinajstić information content (AvgIpc) is 3.67. The number of halogens is 1. The van der Waals surface area contributed by atoms with Gasteiger partial charge in [-0.15, -0.1) is 11.3 Å². The van der Waals surface area contributed by atoms with E-state index in [0.717, 1.165) is 46.4 Å². The van der Waals surface area contributed by atoms with E-state index in [4.69, 9.17) is 9.72 Å². The number of hydrogen-bond donors (Lipinski definition) is 0. The first-order chi connectivity index (χ1) is 19.2. The van der Waals surface area contributed by atoms with Crippen molar-refractivity contribution >= 4 is 65.0 Å². The number of rotatable bonds is 7. The van der Waals surface area contributed by atoms with Crippen LogP contribution in [0.2, 0.25) is 0 Å². The van der Waals surface area contributed by atoms with Crippen molar-refractivity contribution in [2.45, 2.75) is 43.2 Å². The van der Waals surface area contributed by atoms with Gasteiger partial charge in [-0.05, 0) is 86.0 Å². The normalized spacial score (nSPS) is 19.8. The van der Waals surface area contributed by atoms with Gasteiger partial charge in [-0.2, -0.15) is 4.31 Å². The minimum absolute atomic E-state index is 0.00590. The fourth-order valence-corrected chi connectivity index (χ4v) is 8.09. The summed E-state index contributed by atoms with van der Waals surface area (Å²) < 4.78 is 36.3. The van der Waals surface area contributed by atoms with Crippen molar-refractivity contribution in [3.8, 4) is 10.6 Å². The molecular weight excluding hydrogens is 614 g/mol. The summed E-state index contributed by atoms with van der Waals surface area (Å²) in [5, 5.41) is 0.840. The van der Waals surface area contributed by atoms with Gasteiger partial charge in [0.2, 0.25) is 15.9 Å². The van der Waals surface area contributed by atoms with E-state index < -0.39 is 27.9 Å². The predicted molar refractivity (Wildman–Crippen MR) is 158 cm³/mol. The van der Waals surface area contributed by atoms with Crippen LogP contribution in [0.3, 0.4) is 0 Å². The molecule has 2 fully saturated rings. The minimum atomic E-state index is -4.08. The topological polar surface area (TPSA) is 96.9 Å². The van der Waals surface area contributed by atoms with Crippen LogP contribution in [0.15, 0.2) is 76.1 Å². The Morgan fingerprint density at radius 3 is 2.52 bits per heavy atom. The lowest BCUT2D eigenvalue weighted by molar-refractivity contribution is -0.122. The molecule has 2 saturated heterocycles. The number of aryl methyl sites for hydroxylation is 1. The Kier molecular flexibility index (Phi) is 7.34. The van der Waals surface area contributed by atoms with Gasteiger partial charge >= 0.3 is 0 Å². The maximum atomic E-state index is 13.8. The Hall–Kier alpha value is -2.96. The first-order valence-corrected chi connectivity index (χ1v) is 16.0. The number of benzene rings is 3. The molecule has 2 atom stereocenters. The van der Waals surface area contributed by atoms with E-state index in [2.05, 4.69) is 22.0 Å². The second-order valence-electron chi connectivity index (χ2n) is 9.99. The highest BCUT2D eigenvalue weighted by Crippen LogP contribution is 2.34. The molecule has 11 heteroatoms. The number of amides is 2. The van der Waals surface area contributed by atoms with Crippen LogP contribution in [0, 0.1) is 6.92 Å². The highest BCUT2D eigenvalue weighted by Gasteiger charge is 2.47. The number of ether oxygens (including phenoxy) is 1. The Labute approximate surface area is 244 Å². The molecule has 0 aliphatic carbocycles. The number of hydrogen-bond acceptors (Lipinski definition) is 7. The Bertz CT molecular complexity index is 1700. The molecule has 2 amide bonds. The van der Waals surface area contributed by atoms with Crippen molar-refractivity contribution in [1.29, 1.82) is 0 Å². The number of anilines is 1. The fourth-order valence-electron chi connectivity index (χ4n) is 5.14. The minimum Gasteiger partial charge on any atom is -0.377 e. The summed E-state index contributed by atoms with van der Waals surface area (Å²) in [5.74, 6) is -1.01. The molecule has 0 radical (unpaired) electrons. The largest absolute Gasteiger partial charge is 0.377 e. The second-order valence-corrected chi connectivity index (χ2v) is 13.8. The van der Waals surface area contributed by atoms with E-state index in [1.165, 1.54) is 12.1 Å². The highest BCUT2D eigenvalue weighted by atomic mass is 79.9. The van der Waals surface area contributed by atoms with Crippen molar-refractivity contribution in [2.24, 2.45) is 0 Å². The molecule has 206 valence electrons. The molecule has 8 nitrogen and oxygen atoms in total. The van der Waals surface area contributed by atoms with Crippen molar-refractivity contribution in [1.82, 2.24) is 9.29 Å². The zero-order valence-corrected chi connectivity index (χ0v) is 24.8. The van der Waals surface area contributed by atoms with Gasteiger partial charge in [0.25, 0.3) is 5.91 Å². The number of sulfonamides is 1. The van der Waals surface area contributed by atoms with Gasteiger partial charge in [0.15, 0.2) is 0 Å². The van der Waals surface area contributed by atoms with Gasteiger partial charge in [0.05, 0.1) is 33.3 Å². The molecule has 0 bridgehead atoms. The lowest BCUT2D eigenvalue weighted by Gasteiger charge is -2.29. The summed E-state index contributed by atoms with van der Waals surface area (Å²) in [6.07, 6.45) is 0.943. The number of fused-ring (bicyclic) bond motifs is 1. The predicted octanol–water partition coefficient (Wildman–Crippen LogP) is 5.54. The third-order valence-corrected chi connectivity index (χ3v) is 10.7. The van der Waals surface area contributed by atoms with Crippen molar-refractivity contribution in [3.63, 3.8) is 0 Å². The third-order valence-electron chi connectivity index (χ3n) is 7.21. The Balaban J connectivity index is 1.29. The van der Waals surface area contributed by atoms with Crippen LogP contribution in [0.1, 0.15) is 24.8 Å². The Morgan fingerprint density at radius 1 is 1.07 bits per heavy atom. The van der Waals surface area contributed by atoms with Crippen molar-refractivity contribution < 1.29 is 22.7 Å². The molecule has 0 N–H and O–H groups in total. The number of thiazole rings is 1. The summed E-state index contributed by atoms with van der Waals surface area (Å²) in [4.78, 5) is 32.8. The lowest BCUT2D eigenvalue weighted by Crippen LogP contribution is -2.48. The summed E-state index contributed by atoms with van der Waals surface area (Å²) in [7, 11) is -4.08. The van der Waals surface area contributed by atoms with Crippen LogP contribution < -0.4 is 4.90 Å². The van der Waals surface area contributed by atoms with Gasteiger partial charge in [-0.3, -0.25) is 9.59 Å². The van der Waals surface area contributed by atoms with Gasteiger partial charge in [0.1, 0.15) is 11.0 Å².